The van der Waals surface area contributed by atoms with Gasteiger partial charge in [-0.15, -0.1) is 96.3 Å². The predicted molar refractivity (Wildman–Crippen MR) is 557 cm³/mol. The van der Waals surface area contributed by atoms with Crippen molar-refractivity contribution in [2.75, 3.05) is 10.2 Å². The molecule has 14 nitrogen and oxygen atoms in total. The van der Waals surface area contributed by atoms with Crippen molar-refractivity contribution in [1.82, 2.24) is 24.4 Å². The molecule has 701 valence electrons. The Balaban J connectivity index is 0.000000136. The topological polar surface area (TPSA) is 141 Å². The second-order valence-electron chi connectivity index (χ2n) is 33.8. The van der Waals surface area contributed by atoms with E-state index in [9.17, 15) is 4.79 Å². The van der Waals surface area contributed by atoms with Gasteiger partial charge in [-0.2, -0.15) is 49.7 Å². The maximum absolute atomic E-state index is 10.0. The summed E-state index contributed by atoms with van der Waals surface area (Å²) in [5.74, 6) is 3.62. The second kappa shape index (κ2) is 48.4. The Hall–Kier alpha value is -14.9. The molecule has 0 aliphatic carbocycles. The molecular weight excluding hydrogens is 2260 g/mol. The van der Waals surface area contributed by atoms with Gasteiger partial charge < -0.3 is 29.9 Å². The molecule has 6 aliphatic heterocycles. The van der Waals surface area contributed by atoms with Crippen molar-refractivity contribution in [3.63, 3.8) is 0 Å². The monoisotopic (exact) mass is 2370 g/mol. The number of hydrogen-bond acceptors (Lipinski definition) is 11. The number of para-hydroxylation sites is 3. The third-order valence-corrected chi connectivity index (χ3v) is 23.1. The van der Waals surface area contributed by atoms with Crippen molar-refractivity contribution in [2.24, 2.45) is 10.2 Å². The fourth-order valence-corrected chi connectivity index (χ4v) is 16.8. The van der Waals surface area contributed by atoms with Crippen molar-refractivity contribution in [1.29, 1.82) is 0 Å². The van der Waals surface area contributed by atoms with Crippen LogP contribution in [-0.4, -0.2) is 41.4 Å². The fraction of sp³-hybridized carbons (Fsp3) is 0.114. The molecule has 24 rings (SSSR count). The van der Waals surface area contributed by atoms with Crippen LogP contribution in [-0.2, 0) is 84.7 Å². The normalized spacial score (nSPS) is 13.3. The van der Waals surface area contributed by atoms with Crippen LogP contribution in [0.4, 0.5) is 17.1 Å². The molecule has 17 heteroatoms. The number of ether oxygens (including phenoxy) is 1. The molecule has 0 saturated heterocycles. The van der Waals surface area contributed by atoms with Crippen LogP contribution < -0.4 is 24.1 Å². The Kier molecular flexibility index (Phi) is 31.2. The zero-order valence-electron chi connectivity index (χ0n) is 86.5. The Morgan fingerprint density at radius 2 is 1.19 bits per heavy atom. The Labute approximate surface area is 873 Å². The number of azo groups is 1. The van der Waals surface area contributed by atoms with Crippen LogP contribution in [0.25, 0.3) is 111 Å². The number of rotatable bonds is 12. The number of benzene rings is 13. The fourth-order valence-electron chi connectivity index (χ4n) is 16.8. The summed E-state index contributed by atoms with van der Waals surface area (Å²) < 4.78 is 74.3. The summed E-state index contributed by atoms with van der Waals surface area (Å²) in [5.41, 5.74) is 25.5. The molecule has 0 atom stereocenters. The smallest absolute Gasteiger partial charge is 0.294 e. The number of pyridine rings is 4. The number of carbonyl (C=O) groups is 1. The number of hydrogen-bond donors (Lipinski definition) is 2. The molecule has 0 amide bonds. The van der Waals surface area contributed by atoms with Gasteiger partial charge >= 0.3 is 0 Å². The molecule has 2 N–H and O–H groups in total. The van der Waals surface area contributed by atoms with E-state index in [2.05, 4.69) is 291 Å². The van der Waals surface area contributed by atoms with Gasteiger partial charge in [0.05, 0.1) is 55.2 Å². The van der Waals surface area contributed by atoms with E-state index < -0.39 is 12.1 Å². The number of allylic oxidation sites excluding steroid dienone is 6. The van der Waals surface area contributed by atoms with Crippen molar-refractivity contribution < 1.29 is 95.1 Å². The Bertz CT molecular complexity index is 7910. The maximum Gasteiger partial charge on any atom is 0.294 e. The standard InChI is InChI=1S/C27H18N.C22H25N2.C18H17N3.C15H10NO.C13H10N2.C12H10N.C11H8N.C5H8O2.3Ir/c1-4-10-20(11-5-1)23-16-17-26-25(18-23)24(21-12-6-2-7-13-21)19-27(28-26)22-14-8-3-9-15-22;1-15(2)18-10-7-11-19(16(3)4)21(18)24-13-12-23-14-17-8-5-6-9-20(17)22(23)24;1-11(2)20-21-17-15-8-4-3-7-13(15)14-9-5-6-12-10-19-18(17)16(12)14;1-11-13(14-7-4-5-9-16-14)10-12-6-2-3-8-15(12)17-11;1-2-6-12(7-3-1)15-10-13-8-4-5-9-14(13)11-15;1-2-6-11-10(5-1)9-13-8-4-3-7-12(11)13;1-2-6-10(7-3-1)11-8-4-5-9-12-11;1-4(6)3-5(2)7;;;/h1-14,16-19H;5-13,15-16H,14H2,1-4H3;3-9,11,19H,10H2,1-2H3;2-9H,1H2;1-6,8-11H;1-8H,9H2;1-6,8-9H;3,6H,1-2H3;;;/q-1;+1;;-1;-2;+1;-1;;;;/i;;;;;1D,2D,3D,4D,5D,6D,7D,8D;;;;;. The molecule has 18 aromatic rings. The molecule has 5 aromatic heterocycles. The summed E-state index contributed by atoms with van der Waals surface area (Å²) in [6.45, 7) is 23.9. The van der Waals surface area contributed by atoms with Gasteiger partial charge in [0.1, 0.15) is 31.7 Å². The van der Waals surface area contributed by atoms with Crippen molar-refractivity contribution in [3.05, 3.63) is 507 Å². The van der Waals surface area contributed by atoms with Gasteiger partial charge in [0.2, 0.25) is 5.69 Å². The van der Waals surface area contributed by atoms with Crippen LogP contribution in [0.2, 0.25) is 0 Å². The van der Waals surface area contributed by atoms with E-state index in [-0.39, 0.29) is 132 Å². The third-order valence-electron chi connectivity index (χ3n) is 23.1. The summed E-state index contributed by atoms with van der Waals surface area (Å²) in [4.78, 5) is 27.6. The van der Waals surface area contributed by atoms with Gasteiger partial charge in [-0.25, -0.2) is 4.57 Å². The number of aromatic nitrogens is 6. The quantitative estimate of drug-likeness (QED) is 0.0305. The largest absolute Gasteiger partial charge is 0.527 e. The van der Waals surface area contributed by atoms with Crippen LogP contribution in [0.3, 0.4) is 0 Å². The Morgan fingerprint density at radius 3 is 1.86 bits per heavy atom. The molecule has 140 heavy (non-hydrogen) atoms. The van der Waals surface area contributed by atoms with E-state index in [1.807, 2.05) is 178 Å². The number of aliphatic hydroxyl groups excluding tert-OH is 1. The maximum atomic E-state index is 10.0. The molecule has 0 unspecified atom stereocenters. The van der Waals surface area contributed by atoms with Gasteiger partial charge in [0.15, 0.2) is 18.5 Å². The minimum atomic E-state index is -0.411. The number of imidazole rings is 1. The summed E-state index contributed by atoms with van der Waals surface area (Å²) >= 11 is 0. The number of nitrogens with zero attached hydrogens (tertiary/aromatic N) is 10. The van der Waals surface area contributed by atoms with Gasteiger partial charge in [-0.3, -0.25) is 14.8 Å². The number of carbonyl (C=O) groups excluding carboxylic acids is 1. The van der Waals surface area contributed by atoms with Crippen LogP contribution in [0.5, 0.6) is 5.75 Å². The predicted octanol–water partition coefficient (Wildman–Crippen LogP) is 28.9. The number of nitrogens with one attached hydrogen (secondary N) is 1. The van der Waals surface area contributed by atoms with Gasteiger partial charge in [0, 0.05) is 147 Å². The molecule has 0 fully saturated rings. The zero-order valence-corrected chi connectivity index (χ0v) is 85.7. The first-order valence-corrected chi connectivity index (χ1v) is 45.6. The third kappa shape index (κ3) is 24.3. The average Bonchev–Trinajstić information content (AvgIpc) is 1.57. The molecule has 0 bridgehead atoms. The van der Waals surface area contributed by atoms with E-state index in [0.29, 0.717) is 23.2 Å². The summed E-state index contributed by atoms with van der Waals surface area (Å²) in [7, 11) is 0. The van der Waals surface area contributed by atoms with Crippen molar-refractivity contribution >= 4 is 60.9 Å². The summed E-state index contributed by atoms with van der Waals surface area (Å²) in [6, 6.07) is 111. The van der Waals surface area contributed by atoms with Crippen LogP contribution in [0, 0.1) is 30.9 Å². The zero-order chi connectivity index (χ0) is 101. The molecule has 13 aromatic carbocycles. The van der Waals surface area contributed by atoms with E-state index in [1.165, 1.54) is 108 Å². The van der Waals surface area contributed by atoms with E-state index >= 15 is 0 Å². The first-order valence-electron chi connectivity index (χ1n) is 49.6. The molecule has 6 aliphatic rings. The second-order valence-corrected chi connectivity index (χ2v) is 33.8. The minimum Gasteiger partial charge on any atom is -0.527 e. The summed E-state index contributed by atoms with van der Waals surface area (Å²) in [6.07, 6.45) is 22.4. The minimum absolute atomic E-state index is 0. The number of anilines is 2. The molecule has 0 saturated carbocycles. The molecule has 0 spiro atoms. The van der Waals surface area contributed by atoms with Crippen LogP contribution in [0.1, 0.15) is 117 Å². The van der Waals surface area contributed by atoms with Crippen LogP contribution >= 0.6 is 0 Å². The number of aliphatic hydroxyl groups is 1. The van der Waals surface area contributed by atoms with Crippen molar-refractivity contribution in [3.8, 4) is 78.9 Å². The molecule has 3 radical (unpaired) electrons. The first-order chi connectivity index (χ1) is 70.3. The van der Waals surface area contributed by atoms with Crippen molar-refractivity contribution in [2.45, 2.75) is 92.9 Å². The molecule has 11 heterocycles. The number of ketones is 1. The van der Waals surface area contributed by atoms with Gasteiger partial charge in [0.25, 0.3) is 5.82 Å². The molecular formula is C123H106Ir3N11O3-3. The van der Waals surface area contributed by atoms with Crippen LogP contribution in [0.15, 0.2) is 447 Å². The Morgan fingerprint density at radius 1 is 0.564 bits per heavy atom. The average molecular weight is 2370 g/mol. The van der Waals surface area contributed by atoms with E-state index in [1.54, 1.807) is 12.4 Å². The van der Waals surface area contributed by atoms with Gasteiger partial charge in [-0.05, 0) is 156 Å². The number of fused-ring (bicyclic) bond motifs is 11. The van der Waals surface area contributed by atoms with Gasteiger partial charge in [-0.1, -0.05) is 264 Å². The SMILES string of the molecule is C=C1Oc2ccccc2[C-]=C1c1ccccn1.CC(=O)C=C(C)O.CC(C)N=Nc1c2c3c(cccc3c3ccccc13)CN2.CC(C)c1cccc(C(C)C)c1-n1cc[n+]2c1-c1ccccc1C2.[2H]c1c([2H])c([2H])c2c(c1[2H])C[n+]1c([2H])c([2H])c([2H])c([2H])c1-2.[Ir].[Ir].[Ir].[c-]1ccccc1-c1cc(-c2ccccc2)c2cc(-c3ccccc3)ccc2n1.[c-]1ccccc1-c1ccccn1.[c-]1ccccc1N1C=C2C=CC=CN2[CH-]1. The first kappa shape index (κ1) is 90.3. The summed E-state index contributed by atoms with van der Waals surface area (Å²) in [5, 5.41) is 27.0. The van der Waals surface area contributed by atoms with E-state index in [4.69, 9.17) is 25.8 Å². The van der Waals surface area contributed by atoms with E-state index in [0.717, 1.165) is 91.5 Å².